The number of hydrogen-bond acceptors (Lipinski definition) is 2. The number of aromatic nitrogens is 1. The second-order valence-corrected chi connectivity index (χ2v) is 2.23. The van der Waals surface area contributed by atoms with Gasteiger partial charge in [0.25, 0.3) is 0 Å². The van der Waals surface area contributed by atoms with Crippen LogP contribution in [-0.2, 0) is 12.6 Å². The Morgan fingerprint density at radius 3 is 2.60 bits per heavy atom. The number of pyridine rings is 1. The van der Waals surface area contributed by atoms with Gasteiger partial charge >= 0.3 is 29.6 Å². The molecule has 0 saturated carbocycles. The molecule has 1 nitrogen and oxygen atoms in total. The minimum Gasteiger partial charge on any atom is -0.778 e. The molecule has 1 heterocycles. The Bertz CT molecular complexity index is 213. The molecule has 10 heavy (non-hydrogen) atoms. The molecule has 0 aliphatic rings. The molecule has 0 saturated heterocycles. The number of rotatable bonds is 0. The molecule has 0 N–H and O–H groups in total. The van der Waals surface area contributed by atoms with Gasteiger partial charge in [-0.05, 0) is 0 Å². The van der Waals surface area contributed by atoms with Crippen molar-refractivity contribution in [2.24, 2.45) is 0 Å². The summed E-state index contributed by atoms with van der Waals surface area (Å²) in [6, 6.07) is 1.47. The van der Waals surface area contributed by atoms with Crippen molar-refractivity contribution in [3.8, 4) is 0 Å². The van der Waals surface area contributed by atoms with Crippen LogP contribution >= 0.6 is 11.6 Å². The first-order valence-electron chi connectivity index (χ1n) is 2.19. The first kappa shape index (κ1) is 10.6. The molecule has 0 aliphatic heterocycles. The monoisotopic (exact) mass is 185 g/mol. The van der Waals surface area contributed by atoms with Crippen LogP contribution in [0.1, 0.15) is 0 Å². The van der Waals surface area contributed by atoms with Crippen molar-refractivity contribution >= 4 is 24.2 Å². The Labute approximate surface area is 90.7 Å². The maximum absolute atomic E-state index is 12.3. The normalized spacial score (nSPS) is 8.60. The summed E-state index contributed by atoms with van der Waals surface area (Å²) in [5.74, 6) is -0.704. The van der Waals surface area contributed by atoms with Crippen LogP contribution in [0.15, 0.2) is 17.2 Å². The second-order valence-electron chi connectivity index (χ2n) is 1.41. The third kappa shape index (κ3) is 2.32. The van der Waals surface area contributed by atoms with Crippen LogP contribution in [-0.4, -0.2) is 4.98 Å². The molecule has 0 fully saturated rings. The van der Waals surface area contributed by atoms with Crippen LogP contribution in [0, 0.1) is 5.95 Å². The fraction of sp³-hybridized carbons (Fsp3) is 0. The zero-order valence-electron chi connectivity index (χ0n) is 5.27. The summed E-state index contributed by atoms with van der Waals surface area (Å²) in [5, 5.41) is -0.0764. The molecule has 0 unspecified atom stereocenters. The first-order chi connectivity index (χ1) is 4.22. The molecule has 5 heteroatoms. The number of halogens is 2. The van der Waals surface area contributed by atoms with E-state index in [1.807, 2.05) is 0 Å². The molecule has 0 bridgehead atoms. The molecule has 0 aliphatic carbocycles. The van der Waals surface area contributed by atoms with Gasteiger partial charge in [-0.1, -0.05) is 17.7 Å². The number of nitrogens with zero attached hydrogens (tertiary/aromatic N) is 1. The summed E-state index contributed by atoms with van der Waals surface area (Å²) in [6.07, 6.45) is 1.28. The first-order valence-corrected chi connectivity index (χ1v) is 2.97. The average molecular weight is 186 g/mol. The quantitative estimate of drug-likeness (QED) is 0.286. The van der Waals surface area contributed by atoms with E-state index in [0.29, 0.717) is 4.90 Å². The largest absolute Gasteiger partial charge is 1.00 e. The zero-order chi connectivity index (χ0) is 6.85. The molecular weight excluding hydrogens is 184 g/mol. The van der Waals surface area contributed by atoms with Crippen LogP contribution in [0.5, 0.6) is 0 Å². The van der Waals surface area contributed by atoms with E-state index in [0.717, 1.165) is 0 Å². The third-order valence-corrected chi connectivity index (χ3v) is 1.62. The van der Waals surface area contributed by atoms with E-state index in [1.165, 1.54) is 12.3 Å². The van der Waals surface area contributed by atoms with Crippen LogP contribution in [0.25, 0.3) is 0 Å². The minimum absolute atomic E-state index is 0. The Morgan fingerprint density at radius 1 is 1.60 bits per heavy atom. The topological polar surface area (TPSA) is 12.9 Å². The van der Waals surface area contributed by atoms with E-state index >= 15 is 0 Å². The van der Waals surface area contributed by atoms with E-state index in [2.05, 4.69) is 17.6 Å². The second kappa shape index (κ2) is 4.46. The molecule has 48 valence electrons. The SMILES string of the molecule is Fc1nccc([S-])c1Cl.[Na+]. The van der Waals surface area contributed by atoms with Crippen LogP contribution in [0.2, 0.25) is 5.02 Å². The van der Waals surface area contributed by atoms with E-state index in [-0.39, 0.29) is 34.6 Å². The Morgan fingerprint density at radius 2 is 2.20 bits per heavy atom. The van der Waals surface area contributed by atoms with Gasteiger partial charge in [-0.25, -0.2) is 4.98 Å². The summed E-state index contributed by atoms with van der Waals surface area (Å²) >= 11 is 9.96. The molecule has 1 rings (SSSR count). The maximum Gasteiger partial charge on any atom is 1.00 e. The summed E-state index contributed by atoms with van der Waals surface area (Å²) in [4.78, 5) is 3.57. The van der Waals surface area contributed by atoms with E-state index in [9.17, 15) is 4.39 Å². The van der Waals surface area contributed by atoms with Crippen LogP contribution in [0.4, 0.5) is 4.39 Å². The molecular formula is C5H2ClFNNaS. The van der Waals surface area contributed by atoms with Crippen LogP contribution < -0.4 is 29.6 Å². The van der Waals surface area contributed by atoms with Crippen molar-refractivity contribution in [1.29, 1.82) is 0 Å². The van der Waals surface area contributed by atoms with Crippen molar-refractivity contribution in [1.82, 2.24) is 4.98 Å². The Hall–Kier alpha value is 0.590. The van der Waals surface area contributed by atoms with Gasteiger partial charge in [0.1, 0.15) is 0 Å². The van der Waals surface area contributed by atoms with E-state index in [4.69, 9.17) is 11.6 Å². The van der Waals surface area contributed by atoms with Crippen molar-refractivity contribution in [2.45, 2.75) is 4.90 Å². The van der Waals surface area contributed by atoms with Crippen molar-refractivity contribution in [2.75, 3.05) is 0 Å². The van der Waals surface area contributed by atoms with Gasteiger partial charge in [0, 0.05) is 6.20 Å². The average Bonchev–Trinajstić information content (AvgIpc) is 1.83. The summed E-state index contributed by atoms with van der Waals surface area (Å²) in [7, 11) is 0. The molecule has 0 radical (unpaired) electrons. The van der Waals surface area contributed by atoms with Gasteiger partial charge in [-0.3, -0.25) is 0 Å². The van der Waals surface area contributed by atoms with Gasteiger partial charge in [0.15, 0.2) is 0 Å². The summed E-state index contributed by atoms with van der Waals surface area (Å²) in [6.45, 7) is 0. The van der Waals surface area contributed by atoms with Crippen molar-refractivity contribution in [3.63, 3.8) is 0 Å². The van der Waals surface area contributed by atoms with E-state index in [1.54, 1.807) is 0 Å². The zero-order valence-corrected chi connectivity index (χ0v) is 8.84. The third-order valence-electron chi connectivity index (χ3n) is 0.811. The molecule has 1 aromatic rings. The molecule has 0 atom stereocenters. The summed E-state index contributed by atoms with van der Waals surface area (Å²) < 4.78 is 12.3. The Balaban J connectivity index is 0.000000810. The van der Waals surface area contributed by atoms with E-state index < -0.39 is 5.95 Å². The van der Waals surface area contributed by atoms with Crippen LogP contribution in [0.3, 0.4) is 0 Å². The maximum atomic E-state index is 12.3. The number of hydrogen-bond donors (Lipinski definition) is 0. The fourth-order valence-corrected chi connectivity index (χ4v) is 0.659. The predicted octanol–water partition coefficient (Wildman–Crippen LogP) is -1.22. The van der Waals surface area contributed by atoms with Gasteiger partial charge in [0.05, 0.1) is 5.02 Å². The molecule has 0 spiro atoms. The van der Waals surface area contributed by atoms with Gasteiger partial charge in [-0.2, -0.15) is 9.29 Å². The van der Waals surface area contributed by atoms with Gasteiger partial charge in [0.2, 0.25) is 5.95 Å². The fourth-order valence-electron chi connectivity index (χ4n) is 0.402. The molecule has 0 aromatic carbocycles. The smallest absolute Gasteiger partial charge is 0.778 e. The van der Waals surface area contributed by atoms with Crippen molar-refractivity contribution in [3.05, 3.63) is 23.2 Å². The van der Waals surface area contributed by atoms with Gasteiger partial charge < -0.3 is 12.6 Å². The standard InChI is InChI=1S/C5H3ClFNS.Na/c6-4-3(9)1-2-8-5(4)7;/h1-2H,(H,8,9);/q;+1/p-1. The van der Waals surface area contributed by atoms with Gasteiger partial charge in [-0.15, -0.1) is 0 Å². The van der Waals surface area contributed by atoms with Crippen molar-refractivity contribution < 1.29 is 33.9 Å². The Kier molecular flexibility index (Phi) is 4.73. The molecule has 0 amide bonds. The molecule has 1 aromatic heterocycles. The predicted molar refractivity (Wildman–Crippen MR) is 34.8 cm³/mol. The minimum atomic E-state index is -0.704. The summed E-state index contributed by atoms with van der Waals surface area (Å²) in [5.41, 5.74) is 0.